The largest absolute Gasteiger partial charge is 0.394 e. The van der Waals surface area contributed by atoms with Gasteiger partial charge in [0.25, 0.3) is 0 Å². The molecule has 0 bridgehead atoms. The monoisotopic (exact) mass is 307 g/mol. The van der Waals surface area contributed by atoms with Crippen LogP contribution in [0.15, 0.2) is 17.1 Å². The summed E-state index contributed by atoms with van der Waals surface area (Å²) >= 11 is 0. The molecule has 2 heterocycles. The molecule has 1 aromatic heterocycles. The predicted molar refractivity (Wildman–Crippen MR) is 72.6 cm³/mol. The molecule has 114 valence electrons. The lowest BCUT2D eigenvalue weighted by molar-refractivity contribution is -0.0716. The zero-order valence-electron chi connectivity index (χ0n) is 10.9. The number of halogens is 1. The summed E-state index contributed by atoms with van der Waals surface area (Å²) in [6, 6.07) is 1.45. The van der Waals surface area contributed by atoms with Gasteiger partial charge in [-0.25, -0.2) is 4.79 Å². The summed E-state index contributed by atoms with van der Waals surface area (Å²) in [4.78, 5) is 15.4. The van der Waals surface area contributed by atoms with Crippen molar-refractivity contribution in [2.75, 3.05) is 18.9 Å². The van der Waals surface area contributed by atoms with Gasteiger partial charge in [-0.1, -0.05) is 0 Å². The van der Waals surface area contributed by atoms with E-state index in [9.17, 15) is 9.90 Å². The van der Waals surface area contributed by atoms with Gasteiger partial charge < -0.3 is 25.4 Å². The number of nitrogens with zero attached hydrogens (tertiary/aromatic N) is 2. The molecule has 1 saturated heterocycles. The topological polar surface area (TPSA) is 120 Å². The molecule has 8 nitrogen and oxygen atoms in total. The zero-order valence-corrected chi connectivity index (χ0v) is 11.7. The van der Waals surface area contributed by atoms with Crippen LogP contribution in [0.2, 0.25) is 0 Å². The van der Waals surface area contributed by atoms with Crippen LogP contribution in [0.5, 0.6) is 0 Å². The first-order valence-electron chi connectivity index (χ1n) is 5.99. The highest BCUT2D eigenvalue weighted by molar-refractivity contribution is 5.85. The Morgan fingerprint density at radius 2 is 2.30 bits per heavy atom. The molecule has 1 fully saturated rings. The zero-order chi connectivity index (χ0) is 14.0. The minimum atomic E-state index is -1.01. The van der Waals surface area contributed by atoms with Gasteiger partial charge in [0.05, 0.1) is 6.61 Å². The molecule has 1 aromatic rings. The summed E-state index contributed by atoms with van der Waals surface area (Å²) in [5, 5.41) is 19.1. The van der Waals surface area contributed by atoms with Crippen LogP contribution >= 0.6 is 12.4 Å². The molecular weight excluding hydrogens is 290 g/mol. The van der Waals surface area contributed by atoms with Gasteiger partial charge in [0, 0.05) is 12.8 Å². The Morgan fingerprint density at radius 1 is 1.60 bits per heavy atom. The summed E-state index contributed by atoms with van der Waals surface area (Å²) in [6.45, 7) is 1.75. The van der Waals surface area contributed by atoms with Crippen LogP contribution in [0.3, 0.4) is 0 Å². The van der Waals surface area contributed by atoms with Crippen molar-refractivity contribution >= 4 is 18.2 Å². The van der Waals surface area contributed by atoms with E-state index >= 15 is 0 Å². The number of hydrogen-bond donors (Lipinski definition) is 3. The summed E-state index contributed by atoms with van der Waals surface area (Å²) in [6.07, 6.45) is -1.98. The molecule has 1 aliphatic rings. The fraction of sp³-hybridized carbons (Fsp3) is 0.636. The van der Waals surface area contributed by atoms with Gasteiger partial charge in [0.2, 0.25) is 0 Å². The van der Waals surface area contributed by atoms with Crippen molar-refractivity contribution in [2.45, 2.75) is 31.5 Å². The summed E-state index contributed by atoms with van der Waals surface area (Å²) in [5.74, 6) is 0.103. The summed E-state index contributed by atoms with van der Waals surface area (Å²) < 4.78 is 12.0. The van der Waals surface area contributed by atoms with E-state index in [1.165, 1.54) is 16.8 Å². The number of nitrogen functional groups attached to an aromatic ring is 1. The third-order valence-electron chi connectivity index (χ3n) is 2.98. The van der Waals surface area contributed by atoms with Crippen molar-refractivity contribution in [2.24, 2.45) is 0 Å². The number of rotatable bonds is 4. The third-order valence-corrected chi connectivity index (χ3v) is 2.98. The maximum atomic E-state index is 11.8. The molecular formula is C11H18ClN3O5. The van der Waals surface area contributed by atoms with E-state index in [-0.39, 0.29) is 24.8 Å². The molecule has 0 amide bonds. The molecule has 0 spiro atoms. The van der Waals surface area contributed by atoms with E-state index < -0.39 is 30.2 Å². The molecule has 0 radical (unpaired) electrons. The average molecular weight is 308 g/mol. The Labute approximate surface area is 121 Å². The second-order valence-corrected chi connectivity index (χ2v) is 4.20. The smallest absolute Gasteiger partial charge is 0.351 e. The van der Waals surface area contributed by atoms with Crippen molar-refractivity contribution in [3.63, 3.8) is 0 Å². The van der Waals surface area contributed by atoms with Gasteiger partial charge in [-0.3, -0.25) is 4.57 Å². The van der Waals surface area contributed by atoms with E-state index in [1.54, 1.807) is 6.92 Å². The molecule has 0 saturated carbocycles. The number of aromatic nitrogens is 2. The summed E-state index contributed by atoms with van der Waals surface area (Å²) in [7, 11) is 0. The third kappa shape index (κ3) is 3.10. The van der Waals surface area contributed by atoms with Crippen LogP contribution in [0, 0.1) is 0 Å². The predicted octanol–water partition coefficient (Wildman–Crippen LogP) is -1.10. The van der Waals surface area contributed by atoms with Crippen molar-refractivity contribution in [1.82, 2.24) is 9.55 Å². The number of ether oxygens (including phenoxy) is 2. The van der Waals surface area contributed by atoms with Crippen molar-refractivity contribution < 1.29 is 19.7 Å². The van der Waals surface area contributed by atoms with Gasteiger partial charge in [0.1, 0.15) is 24.1 Å². The highest BCUT2D eigenvalue weighted by Crippen LogP contribution is 2.30. The number of nitrogens with two attached hydrogens (primary N) is 1. The Balaban J connectivity index is 0.00000200. The van der Waals surface area contributed by atoms with E-state index in [0.717, 1.165) is 0 Å². The molecule has 9 heteroatoms. The number of hydrogen-bond acceptors (Lipinski definition) is 7. The van der Waals surface area contributed by atoms with Crippen LogP contribution in [-0.2, 0) is 9.47 Å². The van der Waals surface area contributed by atoms with Crippen LogP contribution in [0.25, 0.3) is 0 Å². The van der Waals surface area contributed by atoms with Crippen LogP contribution in [-0.4, -0.2) is 51.3 Å². The Bertz CT molecular complexity index is 497. The fourth-order valence-electron chi connectivity index (χ4n) is 2.09. The lowest BCUT2D eigenvalue weighted by atomic mass is 10.1. The first-order chi connectivity index (χ1) is 9.08. The van der Waals surface area contributed by atoms with E-state index in [1.807, 2.05) is 0 Å². The number of aliphatic hydroxyl groups is 2. The van der Waals surface area contributed by atoms with E-state index in [0.29, 0.717) is 6.61 Å². The quantitative estimate of drug-likeness (QED) is 0.646. The summed E-state index contributed by atoms with van der Waals surface area (Å²) in [5.41, 5.74) is 4.82. The average Bonchev–Trinajstić information content (AvgIpc) is 2.68. The highest BCUT2D eigenvalue weighted by Gasteiger charge is 2.45. The van der Waals surface area contributed by atoms with E-state index in [2.05, 4.69) is 4.98 Å². The minimum absolute atomic E-state index is 0. The maximum Gasteiger partial charge on any atom is 0.351 e. The number of aliphatic hydroxyl groups excluding tert-OH is 2. The molecule has 0 aliphatic carbocycles. The van der Waals surface area contributed by atoms with Crippen LogP contribution in [0.1, 0.15) is 13.2 Å². The molecule has 2 rings (SSSR count). The van der Waals surface area contributed by atoms with Crippen molar-refractivity contribution in [1.29, 1.82) is 0 Å². The Morgan fingerprint density at radius 3 is 2.85 bits per heavy atom. The van der Waals surface area contributed by atoms with E-state index in [4.69, 9.17) is 20.3 Å². The Kier molecular flexibility index (Phi) is 5.90. The SMILES string of the molecule is CCO[C@@H]1[C@H](O)[C@@H](CO)O[C@H]1n1ccc(N)nc1=O.Cl. The minimum Gasteiger partial charge on any atom is -0.394 e. The second-order valence-electron chi connectivity index (χ2n) is 4.20. The van der Waals surface area contributed by atoms with Gasteiger partial charge in [-0.2, -0.15) is 4.98 Å². The second kappa shape index (κ2) is 7.00. The molecule has 4 N–H and O–H groups in total. The fourth-order valence-corrected chi connectivity index (χ4v) is 2.09. The van der Waals surface area contributed by atoms with Gasteiger partial charge in [-0.05, 0) is 13.0 Å². The van der Waals surface area contributed by atoms with Crippen molar-refractivity contribution in [3.05, 3.63) is 22.7 Å². The number of anilines is 1. The molecule has 1 aliphatic heterocycles. The van der Waals surface area contributed by atoms with Gasteiger partial charge in [-0.15, -0.1) is 12.4 Å². The van der Waals surface area contributed by atoms with Crippen LogP contribution < -0.4 is 11.4 Å². The lowest BCUT2D eigenvalue weighted by Gasteiger charge is -2.21. The standard InChI is InChI=1S/C11H17N3O5.ClH/c1-2-18-9-8(16)6(5-15)19-10(9)14-4-3-7(12)13-11(14)17;/h3-4,6,8-10,15-16H,2,5H2,1H3,(H2,12,13,17);1H/t6-,8-,9-,10-;/m1./s1. The van der Waals surface area contributed by atoms with Gasteiger partial charge in [0.15, 0.2) is 6.23 Å². The van der Waals surface area contributed by atoms with Gasteiger partial charge >= 0.3 is 5.69 Å². The molecule has 0 unspecified atom stereocenters. The van der Waals surface area contributed by atoms with Crippen LogP contribution in [0.4, 0.5) is 5.82 Å². The van der Waals surface area contributed by atoms with Crippen molar-refractivity contribution in [3.8, 4) is 0 Å². The normalized spacial score (nSPS) is 29.1. The molecule has 20 heavy (non-hydrogen) atoms. The highest BCUT2D eigenvalue weighted by atomic mass is 35.5. The first kappa shape index (κ1) is 16.9. The molecule has 0 aromatic carbocycles. The maximum absolute atomic E-state index is 11.8. The molecule has 4 atom stereocenters. The first-order valence-corrected chi connectivity index (χ1v) is 5.99. The Hall–Kier alpha value is -1.19. The lowest BCUT2D eigenvalue weighted by Crippen LogP contribution is -2.38.